The number of likely N-dealkylation sites (tertiary alicyclic amines) is 1. The zero-order valence-electron chi connectivity index (χ0n) is 12.6. The van der Waals surface area contributed by atoms with Crippen LogP contribution in [-0.4, -0.2) is 37.0 Å². The minimum Gasteiger partial charge on any atom is -0.441 e. The molecule has 0 bridgehead atoms. The SMILES string of the molecule is COCCN1C(=O)CC2C(=C(N)Oc3cc(C)ccc32)C1=O. The fourth-order valence-corrected chi connectivity index (χ4v) is 2.94. The number of rotatable bonds is 3. The average Bonchev–Trinajstić information content (AvgIpc) is 2.46. The summed E-state index contributed by atoms with van der Waals surface area (Å²) in [4.78, 5) is 26.1. The maximum Gasteiger partial charge on any atom is 0.262 e. The number of fused-ring (bicyclic) bond motifs is 3. The number of imide groups is 1. The summed E-state index contributed by atoms with van der Waals surface area (Å²) < 4.78 is 10.6. The highest BCUT2D eigenvalue weighted by Crippen LogP contribution is 2.43. The fourth-order valence-electron chi connectivity index (χ4n) is 2.94. The molecule has 22 heavy (non-hydrogen) atoms. The molecule has 2 aliphatic heterocycles. The molecule has 0 saturated carbocycles. The van der Waals surface area contributed by atoms with Gasteiger partial charge in [-0.1, -0.05) is 12.1 Å². The van der Waals surface area contributed by atoms with Crippen LogP contribution >= 0.6 is 0 Å². The first-order valence-electron chi connectivity index (χ1n) is 7.14. The van der Waals surface area contributed by atoms with Crippen LogP contribution in [0.25, 0.3) is 0 Å². The molecule has 1 aromatic rings. The van der Waals surface area contributed by atoms with Crippen molar-refractivity contribution in [3.63, 3.8) is 0 Å². The van der Waals surface area contributed by atoms with Crippen molar-refractivity contribution in [2.45, 2.75) is 19.3 Å². The van der Waals surface area contributed by atoms with Gasteiger partial charge in [-0.05, 0) is 18.6 Å². The van der Waals surface area contributed by atoms with Crippen molar-refractivity contribution in [3.05, 3.63) is 40.8 Å². The Labute approximate surface area is 128 Å². The minimum atomic E-state index is -0.387. The van der Waals surface area contributed by atoms with E-state index >= 15 is 0 Å². The molecule has 0 aromatic heterocycles. The van der Waals surface area contributed by atoms with Crippen molar-refractivity contribution >= 4 is 11.8 Å². The van der Waals surface area contributed by atoms with E-state index < -0.39 is 0 Å². The molecule has 0 radical (unpaired) electrons. The summed E-state index contributed by atoms with van der Waals surface area (Å²) in [6.45, 7) is 2.47. The molecule has 0 spiro atoms. The zero-order valence-corrected chi connectivity index (χ0v) is 12.6. The van der Waals surface area contributed by atoms with Crippen molar-refractivity contribution in [2.24, 2.45) is 5.73 Å². The van der Waals surface area contributed by atoms with Crippen LogP contribution in [0.4, 0.5) is 0 Å². The maximum atomic E-state index is 12.6. The Kier molecular flexibility index (Phi) is 3.62. The average molecular weight is 302 g/mol. The molecule has 2 amide bonds. The highest BCUT2D eigenvalue weighted by Gasteiger charge is 2.43. The molecule has 2 aliphatic rings. The highest BCUT2D eigenvalue weighted by molar-refractivity contribution is 6.09. The van der Waals surface area contributed by atoms with Crippen LogP contribution in [0.2, 0.25) is 0 Å². The van der Waals surface area contributed by atoms with E-state index in [1.54, 1.807) is 0 Å². The van der Waals surface area contributed by atoms with Crippen LogP contribution in [0.5, 0.6) is 5.75 Å². The van der Waals surface area contributed by atoms with Crippen molar-refractivity contribution in [2.75, 3.05) is 20.3 Å². The van der Waals surface area contributed by atoms with Crippen LogP contribution < -0.4 is 10.5 Å². The third-order valence-corrected chi connectivity index (χ3v) is 4.05. The van der Waals surface area contributed by atoms with Gasteiger partial charge in [-0.2, -0.15) is 0 Å². The second kappa shape index (κ2) is 5.46. The van der Waals surface area contributed by atoms with E-state index in [0.717, 1.165) is 11.1 Å². The van der Waals surface area contributed by atoms with E-state index in [1.165, 1.54) is 12.0 Å². The molecule has 1 fully saturated rings. The second-order valence-corrected chi connectivity index (χ2v) is 5.52. The normalized spacial score (nSPS) is 20.6. The van der Waals surface area contributed by atoms with Gasteiger partial charge in [-0.25, -0.2) is 0 Å². The summed E-state index contributed by atoms with van der Waals surface area (Å²) in [5.41, 5.74) is 8.18. The second-order valence-electron chi connectivity index (χ2n) is 5.52. The topological polar surface area (TPSA) is 81.9 Å². The largest absolute Gasteiger partial charge is 0.441 e. The van der Waals surface area contributed by atoms with Gasteiger partial charge in [0, 0.05) is 25.0 Å². The smallest absolute Gasteiger partial charge is 0.262 e. The van der Waals surface area contributed by atoms with Crippen molar-refractivity contribution in [1.29, 1.82) is 0 Å². The number of hydrogen-bond donors (Lipinski definition) is 1. The third kappa shape index (κ3) is 2.25. The van der Waals surface area contributed by atoms with Crippen molar-refractivity contribution < 1.29 is 19.1 Å². The molecule has 3 rings (SSSR count). The first kappa shape index (κ1) is 14.6. The lowest BCUT2D eigenvalue weighted by atomic mass is 9.82. The van der Waals surface area contributed by atoms with E-state index in [1.807, 2.05) is 25.1 Å². The Morgan fingerprint density at radius 3 is 2.91 bits per heavy atom. The summed E-state index contributed by atoms with van der Waals surface area (Å²) in [5, 5.41) is 0. The minimum absolute atomic E-state index is 0.0861. The van der Waals surface area contributed by atoms with Gasteiger partial charge < -0.3 is 15.2 Å². The van der Waals surface area contributed by atoms with Gasteiger partial charge in [-0.3, -0.25) is 14.5 Å². The summed E-state index contributed by atoms with van der Waals surface area (Å²) in [6.07, 6.45) is 0.213. The number of piperidine rings is 1. The van der Waals surface area contributed by atoms with E-state index in [2.05, 4.69) is 0 Å². The van der Waals surface area contributed by atoms with Gasteiger partial charge in [0.05, 0.1) is 18.7 Å². The Morgan fingerprint density at radius 2 is 2.18 bits per heavy atom. The van der Waals surface area contributed by atoms with E-state index in [9.17, 15) is 9.59 Å². The fraction of sp³-hybridized carbons (Fsp3) is 0.375. The predicted octanol–water partition coefficient (Wildman–Crippen LogP) is 1.05. The number of nitrogens with two attached hydrogens (primary N) is 1. The zero-order chi connectivity index (χ0) is 15.9. The third-order valence-electron chi connectivity index (χ3n) is 4.05. The standard InChI is InChI=1S/C16H18N2O4/c1-9-3-4-10-11-8-13(19)18(5-6-21-2)16(20)14(11)15(17)22-12(10)7-9/h3-4,7,11H,5-6,8,17H2,1-2H3. The lowest BCUT2D eigenvalue weighted by Gasteiger charge is -2.36. The molecular formula is C16H18N2O4. The van der Waals surface area contributed by atoms with Gasteiger partial charge in [0.25, 0.3) is 5.91 Å². The molecule has 0 aliphatic carbocycles. The Hall–Kier alpha value is -2.34. The number of methoxy groups -OCH3 is 1. The van der Waals surface area contributed by atoms with Crippen molar-refractivity contribution in [3.8, 4) is 5.75 Å². The van der Waals surface area contributed by atoms with Crippen LogP contribution in [0.15, 0.2) is 29.7 Å². The molecule has 6 heteroatoms. The Morgan fingerprint density at radius 1 is 1.41 bits per heavy atom. The number of ether oxygens (including phenoxy) is 2. The molecule has 1 aromatic carbocycles. The number of carbonyl (C=O) groups excluding carboxylic acids is 2. The summed E-state index contributed by atoms with van der Waals surface area (Å²) in [5.74, 6) is -0.220. The lowest BCUT2D eigenvalue weighted by molar-refractivity contribution is -0.146. The molecule has 2 heterocycles. The highest BCUT2D eigenvalue weighted by atomic mass is 16.5. The van der Waals surface area contributed by atoms with Gasteiger partial charge in [0.2, 0.25) is 5.91 Å². The van der Waals surface area contributed by atoms with Crippen LogP contribution in [-0.2, 0) is 14.3 Å². The summed E-state index contributed by atoms with van der Waals surface area (Å²) in [6, 6.07) is 5.70. The number of hydrogen-bond acceptors (Lipinski definition) is 5. The van der Waals surface area contributed by atoms with Crippen LogP contribution in [0, 0.1) is 6.92 Å². The first-order valence-corrected chi connectivity index (χ1v) is 7.14. The van der Waals surface area contributed by atoms with Crippen molar-refractivity contribution in [1.82, 2.24) is 4.90 Å². The molecule has 116 valence electrons. The van der Waals surface area contributed by atoms with Gasteiger partial charge >= 0.3 is 0 Å². The van der Waals surface area contributed by atoms with Crippen LogP contribution in [0.1, 0.15) is 23.5 Å². The number of nitrogens with zero attached hydrogens (tertiary/aromatic N) is 1. The first-order chi connectivity index (χ1) is 10.5. The summed E-state index contributed by atoms with van der Waals surface area (Å²) in [7, 11) is 1.53. The Bertz CT molecular complexity index is 681. The monoisotopic (exact) mass is 302 g/mol. The quantitative estimate of drug-likeness (QED) is 0.844. The predicted molar refractivity (Wildman–Crippen MR) is 79.0 cm³/mol. The van der Waals surface area contributed by atoms with Crippen LogP contribution in [0.3, 0.4) is 0 Å². The molecule has 1 unspecified atom stereocenters. The molecular weight excluding hydrogens is 284 g/mol. The van der Waals surface area contributed by atoms with E-state index in [-0.39, 0.29) is 36.6 Å². The molecule has 1 atom stereocenters. The van der Waals surface area contributed by atoms with Gasteiger partial charge in [0.15, 0.2) is 5.88 Å². The van der Waals surface area contributed by atoms with Gasteiger partial charge in [0.1, 0.15) is 5.75 Å². The van der Waals surface area contributed by atoms with E-state index in [4.69, 9.17) is 15.2 Å². The number of amides is 2. The number of aryl methyl sites for hydroxylation is 1. The van der Waals surface area contributed by atoms with E-state index in [0.29, 0.717) is 17.9 Å². The number of carbonyl (C=O) groups is 2. The molecule has 2 N–H and O–H groups in total. The molecule has 1 saturated heterocycles. The number of benzene rings is 1. The maximum absolute atomic E-state index is 12.6. The van der Waals surface area contributed by atoms with Gasteiger partial charge in [-0.15, -0.1) is 0 Å². The molecule has 6 nitrogen and oxygen atoms in total. The lowest BCUT2D eigenvalue weighted by Crippen LogP contribution is -2.47. The summed E-state index contributed by atoms with van der Waals surface area (Å²) >= 11 is 0. The Balaban J connectivity index is 2.00.